The van der Waals surface area contributed by atoms with E-state index in [4.69, 9.17) is 11.6 Å². The van der Waals surface area contributed by atoms with Crippen LogP contribution in [-0.2, 0) is 0 Å². The van der Waals surface area contributed by atoms with Gasteiger partial charge in [-0.3, -0.25) is 14.9 Å². The van der Waals surface area contributed by atoms with Crippen molar-refractivity contribution in [2.75, 3.05) is 0 Å². The number of nitrogens with one attached hydrogen (secondary N) is 1. The predicted octanol–water partition coefficient (Wildman–Crippen LogP) is 1.70. The van der Waals surface area contributed by atoms with Gasteiger partial charge in [-0.05, 0) is 24.3 Å². The molecule has 0 radical (unpaired) electrons. The number of halogens is 1. The van der Waals surface area contributed by atoms with Gasteiger partial charge in [0.2, 0.25) is 0 Å². The Morgan fingerprint density at radius 2 is 1.94 bits per heavy atom. The van der Waals surface area contributed by atoms with Gasteiger partial charge in [-0.25, -0.2) is 0 Å². The molecular weight excluding hydrogens is 262 g/mol. The molecule has 0 saturated carbocycles. The zero-order chi connectivity index (χ0) is 13.3. The van der Waals surface area contributed by atoms with Crippen LogP contribution in [0.5, 0.6) is 5.88 Å². The second-order valence-electron chi connectivity index (χ2n) is 3.35. The molecule has 1 aromatic heterocycles. The van der Waals surface area contributed by atoms with Crippen LogP contribution in [0.15, 0.2) is 29.1 Å². The summed E-state index contributed by atoms with van der Waals surface area (Å²) in [6, 6.07) is 6.25. The van der Waals surface area contributed by atoms with Gasteiger partial charge in [-0.15, -0.1) is 0 Å². The highest BCUT2D eigenvalue weighted by molar-refractivity contribution is 6.30. The van der Waals surface area contributed by atoms with E-state index in [1.807, 2.05) is 0 Å². The molecule has 2 rings (SSSR count). The number of hydrogen-bond acceptors (Lipinski definition) is 5. The smallest absolute Gasteiger partial charge is 0.395 e. The van der Waals surface area contributed by atoms with Crippen LogP contribution in [0.2, 0.25) is 5.02 Å². The summed E-state index contributed by atoms with van der Waals surface area (Å²) in [4.78, 5) is 26.7. The third kappa shape index (κ3) is 2.16. The fraction of sp³-hybridized carbons (Fsp3) is 0. The number of rotatable bonds is 2. The molecule has 92 valence electrons. The van der Waals surface area contributed by atoms with Crippen molar-refractivity contribution in [2.24, 2.45) is 0 Å². The molecule has 1 aromatic carbocycles. The Hall–Kier alpha value is -2.41. The normalized spacial score (nSPS) is 10.3. The quantitative estimate of drug-likeness (QED) is 0.636. The van der Waals surface area contributed by atoms with Crippen molar-refractivity contribution in [3.8, 4) is 17.3 Å². The van der Waals surface area contributed by atoms with Crippen molar-refractivity contribution < 1.29 is 10.0 Å². The third-order valence-corrected chi connectivity index (χ3v) is 2.43. The Balaban J connectivity index is 2.58. The first-order valence-corrected chi connectivity index (χ1v) is 5.10. The summed E-state index contributed by atoms with van der Waals surface area (Å²) in [5, 5.41) is 20.4. The SMILES string of the molecule is O=c1[nH]c(-c2ccc(Cl)cc2)nc(O)c1[N+](=O)[O-]. The van der Waals surface area contributed by atoms with Gasteiger partial charge < -0.3 is 10.1 Å². The predicted molar refractivity (Wildman–Crippen MR) is 63.6 cm³/mol. The zero-order valence-corrected chi connectivity index (χ0v) is 9.51. The minimum Gasteiger partial charge on any atom is -0.488 e. The van der Waals surface area contributed by atoms with Crippen LogP contribution in [-0.4, -0.2) is 20.0 Å². The Morgan fingerprint density at radius 3 is 2.44 bits per heavy atom. The first kappa shape index (κ1) is 12.1. The van der Waals surface area contributed by atoms with Gasteiger partial charge in [0.25, 0.3) is 5.88 Å². The fourth-order valence-electron chi connectivity index (χ4n) is 1.36. The van der Waals surface area contributed by atoms with E-state index in [0.717, 1.165) is 0 Å². The minimum absolute atomic E-state index is 0.0276. The highest BCUT2D eigenvalue weighted by atomic mass is 35.5. The molecule has 2 aromatic rings. The van der Waals surface area contributed by atoms with Crippen molar-refractivity contribution in [3.63, 3.8) is 0 Å². The summed E-state index contributed by atoms with van der Waals surface area (Å²) in [5.41, 5.74) is -1.52. The van der Waals surface area contributed by atoms with E-state index in [1.54, 1.807) is 24.3 Å². The summed E-state index contributed by atoms with van der Waals surface area (Å²) in [5.74, 6) is -0.895. The summed E-state index contributed by atoms with van der Waals surface area (Å²) < 4.78 is 0. The van der Waals surface area contributed by atoms with E-state index >= 15 is 0 Å². The Morgan fingerprint density at radius 1 is 1.33 bits per heavy atom. The standard InChI is InChI=1S/C10H6ClN3O4/c11-6-3-1-5(2-4-6)8-12-9(15)7(14(17)18)10(16)13-8/h1-4H,(H2,12,13,15,16). The monoisotopic (exact) mass is 267 g/mol. The zero-order valence-electron chi connectivity index (χ0n) is 8.75. The van der Waals surface area contributed by atoms with Gasteiger partial charge in [0.1, 0.15) is 5.82 Å². The molecule has 0 saturated heterocycles. The van der Waals surface area contributed by atoms with Gasteiger partial charge in [0.05, 0.1) is 4.92 Å². The molecule has 0 aliphatic rings. The molecule has 0 amide bonds. The summed E-state index contributed by atoms with van der Waals surface area (Å²) in [6.45, 7) is 0. The molecule has 1 heterocycles. The lowest BCUT2D eigenvalue weighted by molar-refractivity contribution is -0.387. The van der Waals surface area contributed by atoms with Crippen LogP contribution in [0.4, 0.5) is 5.69 Å². The van der Waals surface area contributed by atoms with Gasteiger partial charge >= 0.3 is 11.2 Å². The van der Waals surface area contributed by atoms with E-state index in [-0.39, 0.29) is 5.82 Å². The second kappa shape index (κ2) is 4.46. The molecule has 18 heavy (non-hydrogen) atoms. The molecule has 0 aliphatic heterocycles. The Bertz CT molecular complexity index is 666. The van der Waals surface area contributed by atoms with Gasteiger partial charge in [0.15, 0.2) is 0 Å². The van der Waals surface area contributed by atoms with Crippen LogP contribution in [0.1, 0.15) is 0 Å². The molecule has 0 bridgehead atoms. The molecule has 2 N–H and O–H groups in total. The number of aromatic hydroxyl groups is 1. The molecule has 0 aliphatic carbocycles. The van der Waals surface area contributed by atoms with Crippen molar-refractivity contribution in [1.82, 2.24) is 9.97 Å². The van der Waals surface area contributed by atoms with E-state index in [9.17, 15) is 20.0 Å². The van der Waals surface area contributed by atoms with E-state index < -0.39 is 22.0 Å². The van der Waals surface area contributed by atoms with Crippen LogP contribution in [0, 0.1) is 10.1 Å². The number of aromatic amines is 1. The molecule has 0 unspecified atom stereocenters. The number of benzene rings is 1. The van der Waals surface area contributed by atoms with E-state index in [1.165, 1.54) is 0 Å². The highest BCUT2D eigenvalue weighted by Crippen LogP contribution is 2.22. The summed E-state index contributed by atoms with van der Waals surface area (Å²) >= 11 is 5.70. The number of aromatic nitrogens is 2. The number of nitrogens with zero attached hydrogens (tertiary/aromatic N) is 2. The molecular formula is C10H6ClN3O4. The van der Waals surface area contributed by atoms with Crippen molar-refractivity contribution in [2.45, 2.75) is 0 Å². The van der Waals surface area contributed by atoms with E-state index in [2.05, 4.69) is 9.97 Å². The van der Waals surface area contributed by atoms with Crippen molar-refractivity contribution >= 4 is 17.3 Å². The van der Waals surface area contributed by atoms with Crippen LogP contribution in [0.25, 0.3) is 11.4 Å². The van der Waals surface area contributed by atoms with Crippen LogP contribution in [0.3, 0.4) is 0 Å². The molecule has 7 nitrogen and oxygen atoms in total. The Kier molecular flexibility index (Phi) is 2.99. The first-order valence-electron chi connectivity index (χ1n) is 4.72. The van der Waals surface area contributed by atoms with Crippen molar-refractivity contribution in [1.29, 1.82) is 0 Å². The molecule has 0 spiro atoms. The van der Waals surface area contributed by atoms with E-state index in [0.29, 0.717) is 10.6 Å². The average molecular weight is 268 g/mol. The highest BCUT2D eigenvalue weighted by Gasteiger charge is 2.22. The average Bonchev–Trinajstić information content (AvgIpc) is 2.28. The Labute approximate surface area is 105 Å². The number of hydrogen-bond donors (Lipinski definition) is 2. The van der Waals surface area contributed by atoms with Gasteiger partial charge in [-0.2, -0.15) is 4.98 Å². The third-order valence-electron chi connectivity index (χ3n) is 2.18. The molecule has 0 fully saturated rings. The van der Waals surface area contributed by atoms with Gasteiger partial charge in [0, 0.05) is 10.6 Å². The lowest BCUT2D eigenvalue weighted by Gasteiger charge is -2.01. The molecule has 0 atom stereocenters. The maximum atomic E-state index is 11.4. The minimum atomic E-state index is -1.02. The molecule has 8 heteroatoms. The largest absolute Gasteiger partial charge is 0.488 e. The van der Waals surface area contributed by atoms with Crippen LogP contribution >= 0.6 is 11.6 Å². The number of H-pyrrole nitrogens is 1. The fourth-order valence-corrected chi connectivity index (χ4v) is 1.49. The second-order valence-corrected chi connectivity index (χ2v) is 3.79. The van der Waals surface area contributed by atoms with Crippen molar-refractivity contribution in [3.05, 3.63) is 49.8 Å². The first-order chi connectivity index (χ1) is 8.49. The maximum absolute atomic E-state index is 11.4. The summed E-state index contributed by atoms with van der Waals surface area (Å²) in [6.07, 6.45) is 0. The lowest BCUT2D eigenvalue weighted by atomic mass is 10.2. The van der Waals surface area contributed by atoms with Crippen LogP contribution < -0.4 is 5.56 Å². The lowest BCUT2D eigenvalue weighted by Crippen LogP contribution is -2.13. The summed E-state index contributed by atoms with van der Waals surface area (Å²) in [7, 11) is 0. The topological polar surface area (TPSA) is 109 Å². The number of nitro groups is 1. The van der Waals surface area contributed by atoms with Gasteiger partial charge in [-0.1, -0.05) is 11.6 Å². The maximum Gasteiger partial charge on any atom is 0.395 e.